The third kappa shape index (κ3) is 4.48. The van der Waals surface area contributed by atoms with Gasteiger partial charge in [-0.1, -0.05) is 6.07 Å². The number of hydrogen-bond acceptors (Lipinski definition) is 6. The Morgan fingerprint density at radius 2 is 1.83 bits per heavy atom. The molecule has 1 heterocycles. The molecule has 3 aromatic rings. The van der Waals surface area contributed by atoms with Gasteiger partial charge in [0.1, 0.15) is 6.54 Å². The molecule has 0 unspecified atom stereocenters. The number of hydrogen-bond donors (Lipinski definition) is 1. The number of rotatable bonds is 8. The summed E-state index contributed by atoms with van der Waals surface area (Å²) in [4.78, 5) is 35.8. The van der Waals surface area contributed by atoms with Crippen molar-refractivity contribution < 1.29 is 23.5 Å². The highest BCUT2D eigenvalue weighted by atomic mass is 16.5. The lowest BCUT2D eigenvalue weighted by Gasteiger charge is -2.10. The Balaban J connectivity index is 1.63. The Bertz CT molecular complexity index is 1110. The smallest absolute Gasteiger partial charge is 0.420 e. The highest BCUT2D eigenvalue weighted by Crippen LogP contribution is 2.27. The van der Waals surface area contributed by atoms with Gasteiger partial charge >= 0.3 is 5.76 Å². The lowest BCUT2D eigenvalue weighted by molar-refractivity contribution is -0.121. The standard InChI is InChI=1S/C21H22N2O6/c1-13(24)15-5-6-16-18(11-15)29-21(26)23(16)12-20(25)22-9-8-14-4-7-17(27-2)19(10-14)28-3/h4-7,10-11H,8-9,12H2,1-3H3,(H,22,25). The number of Topliss-reactive ketones (excluding diaryl/α,β-unsaturated/α-hetero) is 1. The van der Waals surface area contributed by atoms with Gasteiger partial charge in [0, 0.05) is 12.1 Å². The van der Waals surface area contributed by atoms with E-state index in [-0.39, 0.29) is 23.8 Å². The lowest BCUT2D eigenvalue weighted by Crippen LogP contribution is -2.32. The average molecular weight is 398 g/mol. The molecule has 0 aliphatic rings. The molecular weight excluding hydrogens is 376 g/mol. The third-order valence-corrected chi connectivity index (χ3v) is 4.56. The quantitative estimate of drug-likeness (QED) is 0.584. The van der Waals surface area contributed by atoms with Crippen molar-refractivity contribution in [1.29, 1.82) is 0 Å². The summed E-state index contributed by atoms with van der Waals surface area (Å²) in [6.45, 7) is 1.66. The van der Waals surface area contributed by atoms with E-state index in [0.29, 0.717) is 35.5 Å². The number of carbonyl (C=O) groups is 2. The van der Waals surface area contributed by atoms with Crippen molar-refractivity contribution in [2.45, 2.75) is 19.9 Å². The normalized spacial score (nSPS) is 10.7. The predicted octanol–water partition coefficient (Wildman–Crippen LogP) is 2.17. The van der Waals surface area contributed by atoms with E-state index >= 15 is 0 Å². The van der Waals surface area contributed by atoms with Gasteiger partial charge in [-0.05, 0) is 49.2 Å². The molecule has 0 spiro atoms. The van der Waals surface area contributed by atoms with Crippen molar-refractivity contribution in [2.24, 2.45) is 0 Å². The minimum Gasteiger partial charge on any atom is -0.493 e. The zero-order valence-corrected chi connectivity index (χ0v) is 16.5. The van der Waals surface area contributed by atoms with Crippen LogP contribution in [0.4, 0.5) is 0 Å². The number of ether oxygens (including phenoxy) is 2. The zero-order chi connectivity index (χ0) is 21.0. The minimum atomic E-state index is -0.643. The maximum Gasteiger partial charge on any atom is 0.420 e. The lowest BCUT2D eigenvalue weighted by atomic mass is 10.1. The Hall–Kier alpha value is -3.55. The molecule has 0 saturated heterocycles. The molecule has 3 rings (SSSR count). The molecule has 0 aliphatic heterocycles. The zero-order valence-electron chi connectivity index (χ0n) is 16.5. The van der Waals surface area contributed by atoms with Crippen LogP contribution in [0.1, 0.15) is 22.8 Å². The van der Waals surface area contributed by atoms with Gasteiger partial charge < -0.3 is 19.2 Å². The number of fused-ring (bicyclic) bond motifs is 1. The van der Waals surface area contributed by atoms with Crippen molar-refractivity contribution in [3.63, 3.8) is 0 Å². The van der Waals surface area contributed by atoms with Crippen LogP contribution >= 0.6 is 0 Å². The molecule has 2 aromatic carbocycles. The summed E-state index contributed by atoms with van der Waals surface area (Å²) in [5.74, 6) is 0.175. The van der Waals surface area contributed by atoms with Crippen molar-refractivity contribution >= 4 is 22.8 Å². The number of oxazole rings is 1. The van der Waals surface area contributed by atoms with Crippen LogP contribution in [-0.2, 0) is 17.8 Å². The highest BCUT2D eigenvalue weighted by Gasteiger charge is 2.14. The van der Waals surface area contributed by atoms with Gasteiger partial charge in [0.05, 0.1) is 19.7 Å². The van der Waals surface area contributed by atoms with Gasteiger partial charge in [-0.3, -0.25) is 14.2 Å². The number of aromatic nitrogens is 1. The molecule has 1 N–H and O–H groups in total. The Morgan fingerprint density at radius 3 is 2.52 bits per heavy atom. The minimum absolute atomic E-state index is 0.129. The first-order chi connectivity index (χ1) is 13.9. The van der Waals surface area contributed by atoms with Gasteiger partial charge in [-0.25, -0.2) is 4.79 Å². The van der Waals surface area contributed by atoms with Crippen LogP contribution in [0.25, 0.3) is 11.1 Å². The van der Waals surface area contributed by atoms with Crippen LogP contribution in [-0.4, -0.2) is 37.0 Å². The van der Waals surface area contributed by atoms with E-state index in [1.54, 1.807) is 26.4 Å². The Labute approximate surface area is 167 Å². The first-order valence-corrected chi connectivity index (χ1v) is 9.05. The summed E-state index contributed by atoms with van der Waals surface area (Å²) < 4.78 is 16.9. The van der Waals surface area contributed by atoms with Gasteiger partial charge in [-0.15, -0.1) is 0 Å². The number of benzene rings is 2. The second kappa shape index (κ2) is 8.64. The molecule has 0 saturated carbocycles. The maximum absolute atomic E-state index is 12.3. The number of ketones is 1. The van der Waals surface area contributed by atoms with Crippen molar-refractivity contribution in [1.82, 2.24) is 9.88 Å². The molecule has 8 heteroatoms. The van der Waals surface area contributed by atoms with Crippen LogP contribution in [0.15, 0.2) is 45.6 Å². The molecule has 152 valence electrons. The number of methoxy groups -OCH3 is 2. The molecule has 1 aromatic heterocycles. The number of carbonyl (C=O) groups excluding carboxylic acids is 2. The van der Waals surface area contributed by atoms with E-state index < -0.39 is 5.76 Å². The van der Waals surface area contributed by atoms with Crippen molar-refractivity contribution in [3.8, 4) is 11.5 Å². The van der Waals surface area contributed by atoms with Crippen LogP contribution in [0.5, 0.6) is 11.5 Å². The van der Waals surface area contributed by atoms with Crippen LogP contribution in [0, 0.1) is 0 Å². The molecule has 8 nitrogen and oxygen atoms in total. The predicted molar refractivity (Wildman–Crippen MR) is 107 cm³/mol. The molecule has 0 atom stereocenters. The number of nitrogens with one attached hydrogen (secondary N) is 1. The van der Waals surface area contributed by atoms with Crippen LogP contribution in [0.2, 0.25) is 0 Å². The molecule has 0 fully saturated rings. The fourth-order valence-electron chi connectivity index (χ4n) is 3.02. The molecule has 0 bridgehead atoms. The summed E-state index contributed by atoms with van der Waals surface area (Å²) in [5.41, 5.74) is 2.17. The van der Waals surface area contributed by atoms with Gasteiger partial charge in [0.25, 0.3) is 0 Å². The summed E-state index contributed by atoms with van der Waals surface area (Å²) in [7, 11) is 3.13. The number of nitrogens with zero attached hydrogens (tertiary/aromatic N) is 1. The second-order valence-corrected chi connectivity index (χ2v) is 6.48. The number of amides is 1. The fraction of sp³-hybridized carbons (Fsp3) is 0.286. The van der Waals surface area contributed by atoms with Crippen LogP contribution < -0.4 is 20.5 Å². The van der Waals surface area contributed by atoms with Crippen molar-refractivity contribution in [3.05, 3.63) is 58.1 Å². The highest BCUT2D eigenvalue weighted by molar-refractivity contribution is 5.97. The average Bonchev–Trinajstić information content (AvgIpc) is 3.02. The van der Waals surface area contributed by atoms with Crippen molar-refractivity contribution in [2.75, 3.05) is 20.8 Å². The summed E-state index contributed by atoms with van der Waals surface area (Å²) in [6, 6.07) is 10.3. The molecular formula is C21H22N2O6. The SMILES string of the molecule is COc1ccc(CCNC(=O)Cn2c(=O)oc3cc(C(C)=O)ccc32)cc1OC. The third-order valence-electron chi connectivity index (χ3n) is 4.56. The first kappa shape index (κ1) is 20.2. The van der Waals surface area contributed by atoms with E-state index in [1.807, 2.05) is 18.2 Å². The Morgan fingerprint density at radius 1 is 1.07 bits per heavy atom. The summed E-state index contributed by atoms with van der Waals surface area (Å²) >= 11 is 0. The van der Waals surface area contributed by atoms with E-state index in [1.165, 1.54) is 17.6 Å². The largest absolute Gasteiger partial charge is 0.493 e. The van der Waals surface area contributed by atoms with Crippen LogP contribution in [0.3, 0.4) is 0 Å². The monoisotopic (exact) mass is 398 g/mol. The van der Waals surface area contributed by atoms with E-state index in [4.69, 9.17) is 13.9 Å². The molecule has 1 amide bonds. The van der Waals surface area contributed by atoms with E-state index in [9.17, 15) is 14.4 Å². The molecule has 29 heavy (non-hydrogen) atoms. The van der Waals surface area contributed by atoms with Gasteiger partial charge in [0.2, 0.25) is 5.91 Å². The van der Waals surface area contributed by atoms with Gasteiger partial charge in [-0.2, -0.15) is 0 Å². The second-order valence-electron chi connectivity index (χ2n) is 6.48. The first-order valence-electron chi connectivity index (χ1n) is 9.05. The maximum atomic E-state index is 12.3. The fourth-order valence-corrected chi connectivity index (χ4v) is 3.02. The van der Waals surface area contributed by atoms with Gasteiger partial charge in [0.15, 0.2) is 22.9 Å². The summed E-state index contributed by atoms with van der Waals surface area (Å²) in [6.07, 6.45) is 0.592. The Kier molecular flexibility index (Phi) is 6.01. The molecule has 0 radical (unpaired) electrons. The summed E-state index contributed by atoms with van der Waals surface area (Å²) in [5, 5.41) is 2.79. The topological polar surface area (TPSA) is 99.8 Å². The van der Waals surface area contributed by atoms with E-state index in [2.05, 4.69) is 5.32 Å². The molecule has 0 aliphatic carbocycles. The van der Waals surface area contributed by atoms with E-state index in [0.717, 1.165) is 5.56 Å².